The van der Waals surface area contributed by atoms with Crippen molar-refractivity contribution in [2.75, 3.05) is 0 Å². The number of hydrogen-bond donors (Lipinski definition) is 0. The highest BCUT2D eigenvalue weighted by molar-refractivity contribution is 6.08. The molecule has 2 bridgehead atoms. The Bertz CT molecular complexity index is 5510. The van der Waals surface area contributed by atoms with Crippen molar-refractivity contribution in [3.8, 4) is 0 Å². The highest BCUT2D eigenvalue weighted by atomic mass is 15.7. The second-order valence-corrected chi connectivity index (χ2v) is 51.2. The van der Waals surface area contributed by atoms with Crippen LogP contribution in [0.4, 0.5) is 0 Å². The topological polar surface area (TPSA) is 0 Å². The van der Waals surface area contributed by atoms with Gasteiger partial charge in [-0.05, 0) is 459 Å². The van der Waals surface area contributed by atoms with E-state index < -0.39 is 0 Å². The van der Waals surface area contributed by atoms with E-state index in [4.69, 9.17) is 0 Å². The average molecular weight is 1010 g/mol. The van der Waals surface area contributed by atoms with Gasteiger partial charge in [0.15, 0.2) is 0 Å². The summed E-state index contributed by atoms with van der Waals surface area (Å²) in [4.78, 5) is 0. The van der Waals surface area contributed by atoms with Gasteiger partial charge < -0.3 is 0 Å². The van der Waals surface area contributed by atoms with Crippen molar-refractivity contribution in [2.24, 2.45) is 421 Å². The van der Waals surface area contributed by atoms with Gasteiger partial charge in [-0.25, -0.2) is 0 Å². The van der Waals surface area contributed by atoms with Gasteiger partial charge in [-0.15, -0.1) is 0 Å². The summed E-state index contributed by atoms with van der Waals surface area (Å²) in [6.45, 7) is 0. The van der Waals surface area contributed by atoms with E-state index in [0.717, 1.165) is 184 Å². The maximum Gasteiger partial charge on any atom is -0.00502 e. The van der Waals surface area contributed by atoms with Gasteiger partial charge in [-0.2, -0.15) is 0 Å². The molecule has 34 spiro atoms. The molecule has 0 heterocycles. The Morgan fingerprint density at radius 3 is 0.550 bits per heavy atom. The largest absolute Gasteiger partial charge is 0.0496 e. The molecular formula is C80H52. The van der Waals surface area contributed by atoms with Gasteiger partial charge in [0.25, 0.3) is 0 Å². The van der Waals surface area contributed by atoms with Crippen LogP contribution in [-0.2, 0) is 0 Å². The van der Waals surface area contributed by atoms with Crippen LogP contribution in [0.2, 0.25) is 0 Å². The predicted molar refractivity (Wildman–Crippen MR) is 250 cm³/mol. The monoisotopic (exact) mass is 1010 g/mol. The molecule has 0 aliphatic heterocycles. The van der Waals surface area contributed by atoms with Crippen LogP contribution in [0.1, 0.15) is 38.5 Å². The quantitative estimate of drug-likeness (QED) is 0.240. The first-order valence-electron chi connectivity index (χ1n) is 39.8. The van der Waals surface area contributed by atoms with Crippen LogP contribution in [0.25, 0.3) is 0 Å². The van der Waals surface area contributed by atoms with Crippen molar-refractivity contribution in [1.29, 1.82) is 0 Å². The van der Waals surface area contributed by atoms with Gasteiger partial charge in [-0.3, -0.25) is 0 Å². The van der Waals surface area contributed by atoms with Crippen LogP contribution in [0, 0.1) is 421 Å². The molecule has 56 rings (SSSR count). The van der Waals surface area contributed by atoms with E-state index >= 15 is 0 Å². The van der Waals surface area contributed by atoms with Crippen LogP contribution in [0.5, 0.6) is 0 Å². The lowest BCUT2D eigenvalue weighted by Gasteiger charge is -3.60. The fourth-order valence-corrected chi connectivity index (χ4v) is 85.3. The van der Waals surface area contributed by atoms with Crippen molar-refractivity contribution in [3.05, 3.63) is 0 Å². The Balaban J connectivity index is 0.536. The van der Waals surface area contributed by atoms with E-state index in [0.29, 0.717) is 0 Å². The summed E-state index contributed by atoms with van der Waals surface area (Å²) in [5, 5.41) is 0. The van der Waals surface area contributed by atoms with Gasteiger partial charge in [0.1, 0.15) is 0 Å². The van der Waals surface area contributed by atoms with Crippen molar-refractivity contribution in [3.63, 3.8) is 0 Å². The molecule has 0 radical (unpaired) electrons. The summed E-state index contributed by atoms with van der Waals surface area (Å²) < 4.78 is 0. The fourth-order valence-electron chi connectivity index (χ4n) is 85.3. The third-order valence-corrected chi connectivity index (χ3v) is 67.9. The summed E-state index contributed by atoms with van der Waals surface area (Å²) in [6, 6.07) is 0. The molecule has 74 atom stereocenters. The minimum atomic E-state index is 1.04. The summed E-state index contributed by atoms with van der Waals surface area (Å²) in [5.41, 5.74) is 37.8. The predicted octanol–water partition coefficient (Wildman–Crippen LogP) is 7.26. The van der Waals surface area contributed by atoms with E-state index in [1.54, 1.807) is 12.8 Å². The smallest absolute Gasteiger partial charge is 0.00502 e. The number of hydrogen-bond acceptors (Lipinski definition) is 0. The molecule has 0 nitrogen and oxygen atoms in total. The summed E-state index contributed by atoms with van der Waals surface area (Å²) >= 11 is 0. The Kier molecular flexibility index (Phi) is 1.53. The molecule has 56 saturated carbocycles. The molecule has 56 aliphatic rings. The second kappa shape index (κ2) is 4.41. The summed E-state index contributed by atoms with van der Waals surface area (Å²) in [7, 11) is 0. The fraction of sp³-hybridized carbons (Fsp3) is 1.00. The number of fused-ring (bicyclic) bond motifs is 31. The maximum absolute atomic E-state index is 1.86. The lowest BCUT2D eigenvalue weighted by molar-refractivity contribution is -1.16. The van der Waals surface area contributed by atoms with E-state index in [-0.39, 0.29) is 0 Å². The lowest BCUT2D eigenvalue weighted by atomic mass is 8.42. The molecule has 80 heavy (non-hydrogen) atoms. The van der Waals surface area contributed by atoms with Gasteiger partial charge in [0.05, 0.1) is 0 Å². The molecule has 372 valence electrons. The Morgan fingerprint density at radius 1 is 0.125 bits per heavy atom. The van der Waals surface area contributed by atoms with Crippen LogP contribution >= 0.6 is 0 Å². The summed E-state index contributed by atoms with van der Waals surface area (Å²) in [5.74, 6) is 56.2. The minimum absolute atomic E-state index is 1.04. The highest BCUT2D eigenvalue weighted by Crippen LogP contribution is 3.65. The van der Waals surface area contributed by atoms with Crippen molar-refractivity contribution >= 4 is 0 Å². The summed E-state index contributed by atoms with van der Waals surface area (Å²) in [6.07, 6.45) is 10.9. The zero-order valence-corrected chi connectivity index (χ0v) is 44.3. The third-order valence-electron chi connectivity index (χ3n) is 67.9. The lowest BCUT2D eigenvalue weighted by Crippen LogP contribution is -3.59. The molecule has 56 aliphatic carbocycles. The van der Waals surface area contributed by atoms with Gasteiger partial charge in [0.2, 0.25) is 0 Å². The average Bonchev–Trinajstić information content (AvgIpc) is 0.444. The van der Waals surface area contributed by atoms with Crippen LogP contribution in [-0.4, -0.2) is 0 Å². The van der Waals surface area contributed by atoms with E-state index in [9.17, 15) is 0 Å². The third kappa shape index (κ3) is 0.665. The van der Waals surface area contributed by atoms with E-state index in [1.165, 1.54) is 237 Å². The standard InChI is InChI=1S/C80H52/c1-2-9-7(1)8-3-10-11-4-14-18-22-26-30-34-38-43-46-44-40-36-32-28-24-20-16-6-13-12-5-15-19-23-27-31-35-39-42-45-41-37-33-29-25-21-17(8)51-47(9,10)48(11,14)52(18,51)56(22)55(21,51)59(25)60(26,56)64(30)63(29,59)67(33)68(34,64)72(38)71(37,67)75(41)76(43,72)80(46)78(44)74(40)70(36)66(32)62(28)58(24)54(20)50(13,16)49(12,15)53(19,54)57(23,58)61(27,62)65(31,66)69(35,70)73(39,74)77(42,78)79(45,75)80/h7-46H,1-6H2. The molecule has 0 aromatic rings. The molecule has 0 aromatic carbocycles. The first-order chi connectivity index (χ1) is 39.8. The van der Waals surface area contributed by atoms with E-state index in [2.05, 4.69) is 0 Å². The molecule has 0 N–H and O–H groups in total. The van der Waals surface area contributed by atoms with Crippen molar-refractivity contribution in [2.45, 2.75) is 38.5 Å². The molecule has 0 aromatic heterocycles. The second-order valence-electron chi connectivity index (χ2n) is 51.2. The van der Waals surface area contributed by atoms with Gasteiger partial charge in [-0.1, -0.05) is 0 Å². The maximum atomic E-state index is 1.86. The highest BCUT2D eigenvalue weighted by Gasteiger charge is 3.64. The molecule has 74 unspecified atom stereocenters. The van der Waals surface area contributed by atoms with Crippen molar-refractivity contribution < 1.29 is 0 Å². The first-order valence-corrected chi connectivity index (χ1v) is 39.8. The van der Waals surface area contributed by atoms with Crippen LogP contribution in [0.3, 0.4) is 0 Å². The molecule has 0 saturated heterocycles. The Hall–Kier alpha value is 0. The zero-order chi connectivity index (χ0) is 44.3. The molecular weight excluding hydrogens is 961 g/mol. The Morgan fingerprint density at radius 2 is 0.312 bits per heavy atom. The van der Waals surface area contributed by atoms with Crippen LogP contribution < -0.4 is 0 Å². The Labute approximate surface area is 456 Å². The normalized spacial score (nSPS) is 137. The number of rotatable bonds is 0. The first kappa shape index (κ1) is 27.8. The van der Waals surface area contributed by atoms with E-state index in [1.807, 2.05) is 25.7 Å². The van der Waals surface area contributed by atoms with Gasteiger partial charge >= 0.3 is 0 Å². The molecule has 0 heteroatoms. The zero-order valence-electron chi connectivity index (χ0n) is 44.3. The van der Waals surface area contributed by atoms with Crippen LogP contribution in [0.15, 0.2) is 0 Å². The van der Waals surface area contributed by atoms with Gasteiger partial charge in [0, 0.05) is 0 Å². The minimum Gasteiger partial charge on any atom is -0.0496 e. The SMILES string of the molecule is C1CC2C1C1CC3C4CC5C6C7C8C9C%10C%11C%12C%13C%14C%15C%16C%17C%18C%19C%20C%21CC%22C%23CC%24C%25C%26C%27C%28C%29C%30C%31C%32C%33C%34C%35C%36C%37C%38C1C1%39C23C45C61C71C%38%39C%372C81C91C%362C%352C%101C%111C%342C%332C%121C%131C%143C%154C%165C%176C%187C%198C%209C%22%21C%23%24C%259C%268C%277C%286C%295C%304C%313C%3221. The molecule has 0 amide bonds. The van der Waals surface area contributed by atoms with Crippen molar-refractivity contribution in [1.82, 2.24) is 0 Å². The molecule has 56 fully saturated rings.